The van der Waals surface area contributed by atoms with Gasteiger partial charge in [0.15, 0.2) is 0 Å². The minimum atomic E-state index is 1.31. The quantitative estimate of drug-likeness (QED) is 0.429. The number of rotatable bonds is 0. The average Bonchev–Trinajstić information content (AvgIpc) is 2.24. The molecule has 0 saturated heterocycles. The largest absolute Gasteiger partial charge is 0.234 e. The van der Waals surface area contributed by atoms with E-state index in [9.17, 15) is 0 Å². The van der Waals surface area contributed by atoms with Crippen LogP contribution < -0.4 is 0 Å². The molecule has 0 radical (unpaired) electrons. The molecule has 0 aliphatic carbocycles. The van der Waals surface area contributed by atoms with E-state index in [-0.39, 0.29) is 0 Å². The molecular formula is C10H15NO. The van der Waals surface area contributed by atoms with Crippen LogP contribution in [0.25, 0.3) is 0 Å². The second kappa shape index (κ2) is 16.3. The second-order valence-electron chi connectivity index (χ2n) is 1.47. The highest BCUT2D eigenvalue weighted by Gasteiger charge is 1.57. The van der Waals surface area contributed by atoms with Gasteiger partial charge in [-0.15, -0.1) is 0 Å². The molecule has 0 N–H and O–H groups in total. The van der Waals surface area contributed by atoms with E-state index in [0.717, 1.165) is 0 Å². The fourth-order valence-electron chi connectivity index (χ4n) is 0.385. The van der Waals surface area contributed by atoms with Crippen molar-refractivity contribution in [2.45, 2.75) is 13.8 Å². The molecule has 2 nitrogen and oxygen atoms in total. The molecule has 2 heteroatoms. The van der Waals surface area contributed by atoms with Crippen LogP contribution in [-0.4, -0.2) is 13.1 Å². The summed E-state index contributed by atoms with van der Waals surface area (Å²) in [4.78, 5) is 11.8. The highest BCUT2D eigenvalue weighted by molar-refractivity contribution is 5.32. The zero-order valence-corrected chi connectivity index (χ0v) is 7.82. The van der Waals surface area contributed by atoms with Crippen LogP contribution in [0.1, 0.15) is 13.8 Å². The average molecular weight is 165 g/mol. The fraction of sp³-hybridized carbons (Fsp3) is 0.300. The maximum atomic E-state index is 8.88. The molecule has 0 atom stereocenters. The van der Waals surface area contributed by atoms with Gasteiger partial charge in [-0.1, -0.05) is 50.2 Å². The molecule has 0 aliphatic heterocycles. The van der Waals surface area contributed by atoms with Gasteiger partial charge in [-0.2, -0.15) is 0 Å². The maximum Gasteiger partial charge on any atom is 0.234 e. The number of carbonyl (C=O) groups excluding carboxylic acids is 1. The maximum absolute atomic E-state index is 8.88. The van der Waals surface area contributed by atoms with Crippen LogP contribution in [0.4, 0.5) is 0 Å². The summed E-state index contributed by atoms with van der Waals surface area (Å²) < 4.78 is 0. The third-order valence-electron chi connectivity index (χ3n) is 0.758. The van der Waals surface area contributed by atoms with Crippen molar-refractivity contribution in [3.63, 3.8) is 0 Å². The molecule has 12 heavy (non-hydrogen) atoms. The van der Waals surface area contributed by atoms with Crippen LogP contribution in [0, 0.1) is 0 Å². The topological polar surface area (TPSA) is 29.4 Å². The lowest BCUT2D eigenvalue weighted by Crippen LogP contribution is -1.47. The van der Waals surface area contributed by atoms with Crippen LogP contribution in [-0.2, 0) is 4.79 Å². The Kier molecular flexibility index (Phi) is 17.9. The molecule has 1 aromatic rings. The third-order valence-corrected chi connectivity index (χ3v) is 0.758. The van der Waals surface area contributed by atoms with Crippen molar-refractivity contribution in [2.75, 3.05) is 7.05 Å². The van der Waals surface area contributed by atoms with E-state index < -0.39 is 0 Å². The van der Waals surface area contributed by atoms with E-state index in [2.05, 4.69) is 4.99 Å². The van der Waals surface area contributed by atoms with E-state index in [4.69, 9.17) is 4.79 Å². The summed E-state index contributed by atoms with van der Waals surface area (Å²) in [6.45, 7) is 4.00. The zero-order valence-electron chi connectivity index (χ0n) is 7.82. The lowest BCUT2D eigenvalue weighted by atomic mass is 10.4. The van der Waals surface area contributed by atoms with Gasteiger partial charge in [-0.05, 0) is 0 Å². The van der Waals surface area contributed by atoms with E-state index in [1.54, 1.807) is 0 Å². The van der Waals surface area contributed by atoms with Crippen molar-refractivity contribution < 1.29 is 4.79 Å². The Morgan fingerprint density at radius 1 is 0.917 bits per heavy atom. The summed E-state index contributed by atoms with van der Waals surface area (Å²) in [5.41, 5.74) is 0. The number of nitrogens with zero attached hydrogens (tertiary/aromatic N) is 1. The number of benzene rings is 1. The molecule has 0 unspecified atom stereocenters. The molecule has 1 rings (SSSR count). The summed E-state index contributed by atoms with van der Waals surface area (Å²) in [5.74, 6) is 0. The molecule has 0 fully saturated rings. The normalized spacial score (nSPS) is 5.92. The minimum Gasteiger partial charge on any atom is -0.211 e. The number of hydrogen-bond donors (Lipinski definition) is 0. The Morgan fingerprint density at radius 2 is 1.08 bits per heavy atom. The molecule has 0 amide bonds. The highest BCUT2D eigenvalue weighted by Crippen LogP contribution is 1.79. The molecule has 0 saturated carbocycles. The molecule has 0 heterocycles. The predicted molar refractivity (Wildman–Crippen MR) is 51.8 cm³/mol. The monoisotopic (exact) mass is 165 g/mol. The molecule has 0 aliphatic rings. The van der Waals surface area contributed by atoms with Gasteiger partial charge in [0.05, 0.1) is 0 Å². The van der Waals surface area contributed by atoms with Gasteiger partial charge in [0.1, 0.15) is 0 Å². The van der Waals surface area contributed by atoms with E-state index in [0.29, 0.717) is 0 Å². The number of aliphatic imine (C=N–C) groups is 1. The van der Waals surface area contributed by atoms with Crippen molar-refractivity contribution in [3.05, 3.63) is 36.4 Å². The standard InChI is InChI=1S/C6H6.C2H3NO.C2H6/c1-2-4-6-5-3-1;1-3-2-4;1-2/h1-6H;1H3;1-2H3. The molecule has 0 aromatic heterocycles. The summed E-state index contributed by atoms with van der Waals surface area (Å²) in [6.07, 6.45) is 1.31. The van der Waals surface area contributed by atoms with Crippen molar-refractivity contribution in [3.8, 4) is 0 Å². The summed E-state index contributed by atoms with van der Waals surface area (Å²) in [5, 5.41) is 0. The Morgan fingerprint density at radius 3 is 1.17 bits per heavy atom. The lowest BCUT2D eigenvalue weighted by Gasteiger charge is -1.69. The van der Waals surface area contributed by atoms with Crippen molar-refractivity contribution in [1.29, 1.82) is 0 Å². The fourth-order valence-corrected chi connectivity index (χ4v) is 0.385. The van der Waals surface area contributed by atoms with Crippen molar-refractivity contribution >= 4 is 6.08 Å². The Labute approximate surface area is 74.0 Å². The zero-order chi connectivity index (χ0) is 9.66. The van der Waals surface area contributed by atoms with Gasteiger partial charge in [0, 0.05) is 7.05 Å². The third kappa shape index (κ3) is 15.8. The van der Waals surface area contributed by atoms with Crippen molar-refractivity contribution in [1.82, 2.24) is 0 Å². The first-order chi connectivity index (χ1) is 5.91. The molecule has 66 valence electrons. The first kappa shape index (κ1) is 13.2. The van der Waals surface area contributed by atoms with Crippen LogP contribution in [0.2, 0.25) is 0 Å². The minimum absolute atomic E-state index is 1.31. The SMILES string of the molecule is CC.CN=C=O.c1ccccc1. The van der Waals surface area contributed by atoms with Gasteiger partial charge in [0.25, 0.3) is 0 Å². The summed E-state index contributed by atoms with van der Waals surface area (Å²) in [7, 11) is 1.38. The van der Waals surface area contributed by atoms with Gasteiger partial charge in [-0.3, -0.25) is 0 Å². The van der Waals surface area contributed by atoms with E-state index >= 15 is 0 Å². The van der Waals surface area contributed by atoms with Crippen LogP contribution in [0.5, 0.6) is 0 Å². The smallest absolute Gasteiger partial charge is 0.211 e. The number of isocyanates is 1. The Bertz CT molecular complexity index is 164. The van der Waals surface area contributed by atoms with Gasteiger partial charge in [-0.25, -0.2) is 9.79 Å². The molecule has 0 bridgehead atoms. The predicted octanol–water partition coefficient (Wildman–Crippen LogP) is 2.66. The van der Waals surface area contributed by atoms with Gasteiger partial charge in [0.2, 0.25) is 6.08 Å². The van der Waals surface area contributed by atoms with Crippen molar-refractivity contribution in [2.24, 2.45) is 4.99 Å². The van der Waals surface area contributed by atoms with E-state index in [1.165, 1.54) is 13.1 Å². The summed E-state index contributed by atoms with van der Waals surface area (Å²) in [6, 6.07) is 12.0. The Balaban J connectivity index is 0. The highest BCUT2D eigenvalue weighted by atomic mass is 16.1. The van der Waals surface area contributed by atoms with Gasteiger partial charge < -0.3 is 0 Å². The number of hydrogen-bond acceptors (Lipinski definition) is 2. The lowest BCUT2D eigenvalue weighted by molar-refractivity contribution is 0.564. The van der Waals surface area contributed by atoms with Gasteiger partial charge >= 0.3 is 0 Å². The van der Waals surface area contributed by atoms with Crippen LogP contribution in [0.3, 0.4) is 0 Å². The first-order valence-electron chi connectivity index (χ1n) is 3.87. The van der Waals surface area contributed by atoms with Crippen LogP contribution >= 0.6 is 0 Å². The first-order valence-corrected chi connectivity index (χ1v) is 3.87. The molecular weight excluding hydrogens is 150 g/mol. The second-order valence-corrected chi connectivity index (χ2v) is 1.47. The van der Waals surface area contributed by atoms with Crippen LogP contribution in [0.15, 0.2) is 41.4 Å². The molecule has 0 spiro atoms. The Hall–Kier alpha value is -1.40. The molecule has 1 aromatic carbocycles. The van der Waals surface area contributed by atoms with E-state index in [1.807, 2.05) is 50.2 Å². The summed E-state index contributed by atoms with van der Waals surface area (Å²) >= 11 is 0.